The van der Waals surface area contributed by atoms with Gasteiger partial charge in [-0.15, -0.1) is 24.0 Å². The van der Waals surface area contributed by atoms with E-state index in [4.69, 9.17) is 9.73 Å². The lowest BCUT2D eigenvalue weighted by molar-refractivity contribution is -0.127. The van der Waals surface area contributed by atoms with Gasteiger partial charge in [0.2, 0.25) is 5.91 Å². The minimum atomic E-state index is -0.00553. The topological polar surface area (TPSA) is 87.0 Å². The van der Waals surface area contributed by atoms with Crippen molar-refractivity contribution in [3.05, 3.63) is 42.1 Å². The lowest BCUT2D eigenvalue weighted by atomic mass is 10.1. The number of carbonyl (C=O) groups excluding carboxylic acids is 1. The number of aliphatic imine (C=N–C) groups is 1. The molecule has 176 valence electrons. The van der Waals surface area contributed by atoms with Gasteiger partial charge in [0.25, 0.3) is 0 Å². The smallest absolute Gasteiger partial charge is 0.241 e. The molecule has 2 heterocycles. The largest absolute Gasteiger partial charge is 0.379 e. The molecule has 1 aliphatic rings. The molecule has 0 radical (unpaired) electrons. The van der Waals surface area contributed by atoms with E-state index in [0.29, 0.717) is 12.5 Å². The zero-order valence-electron chi connectivity index (χ0n) is 19.1. The predicted molar refractivity (Wildman–Crippen MR) is 137 cm³/mol. The number of halogens is 1. The van der Waals surface area contributed by atoms with Crippen molar-refractivity contribution in [1.82, 2.24) is 30.2 Å². The van der Waals surface area contributed by atoms with Crippen LogP contribution in [0.3, 0.4) is 0 Å². The molecule has 0 spiro atoms. The molecule has 10 heteroatoms. The summed E-state index contributed by atoms with van der Waals surface area (Å²) < 4.78 is 7.21. The quantitative estimate of drug-likeness (QED) is 0.289. The molecule has 9 nitrogen and oxygen atoms in total. The molecule has 0 aliphatic carbocycles. The molecule has 1 amide bonds. The van der Waals surface area contributed by atoms with Crippen LogP contribution in [0.5, 0.6) is 0 Å². The van der Waals surface area contributed by atoms with E-state index >= 15 is 0 Å². The van der Waals surface area contributed by atoms with E-state index in [0.717, 1.165) is 56.2 Å². The molecule has 0 saturated carbocycles. The van der Waals surface area contributed by atoms with Crippen molar-refractivity contribution in [1.29, 1.82) is 0 Å². The normalized spacial score (nSPS) is 14.5. The van der Waals surface area contributed by atoms with E-state index in [1.165, 1.54) is 0 Å². The van der Waals surface area contributed by atoms with Crippen molar-refractivity contribution in [2.75, 3.05) is 60.0 Å². The van der Waals surface area contributed by atoms with Gasteiger partial charge in [0.15, 0.2) is 5.96 Å². The molecule has 2 N–H and O–H groups in total. The van der Waals surface area contributed by atoms with Gasteiger partial charge in [-0.1, -0.05) is 30.3 Å². The standard InChI is InChI=1S/C22H33N7O2.HI/c1-27(2)20(30)16-25-22(23-9-10-29-11-13-31-14-12-29)24-15-19-17-28(3)26-21(19)18-7-5-4-6-8-18;/h4-8,17H,9-16H2,1-3H3,(H2,23,24,25);1H. The van der Waals surface area contributed by atoms with Gasteiger partial charge in [-0.05, 0) is 0 Å². The Morgan fingerprint density at radius 1 is 1.19 bits per heavy atom. The number of aromatic nitrogens is 2. The van der Waals surface area contributed by atoms with Gasteiger partial charge < -0.3 is 20.3 Å². The van der Waals surface area contributed by atoms with Crippen LogP contribution in [0, 0.1) is 0 Å². The van der Waals surface area contributed by atoms with Crippen LogP contribution in [-0.2, 0) is 23.1 Å². The molecule has 0 unspecified atom stereocenters. The maximum Gasteiger partial charge on any atom is 0.241 e. The molecule has 1 saturated heterocycles. The minimum absolute atomic E-state index is 0. The lowest BCUT2D eigenvalue weighted by Crippen LogP contribution is -2.46. The van der Waals surface area contributed by atoms with Crippen LogP contribution in [0.25, 0.3) is 11.3 Å². The first kappa shape index (κ1) is 26.1. The molecule has 1 aromatic heterocycles. The van der Waals surface area contributed by atoms with E-state index in [-0.39, 0.29) is 36.4 Å². The van der Waals surface area contributed by atoms with Gasteiger partial charge in [0, 0.05) is 64.6 Å². The fourth-order valence-corrected chi connectivity index (χ4v) is 3.31. The third-order valence-corrected chi connectivity index (χ3v) is 5.09. The summed E-state index contributed by atoms with van der Waals surface area (Å²) in [7, 11) is 5.40. The number of morpholine rings is 1. The van der Waals surface area contributed by atoms with Crippen LogP contribution in [0.1, 0.15) is 5.56 Å². The zero-order chi connectivity index (χ0) is 22.1. The molecule has 1 fully saturated rings. The Hall–Kier alpha value is -2.18. The number of rotatable bonds is 8. The molecule has 3 rings (SSSR count). The average molecular weight is 555 g/mol. The Bertz CT molecular complexity index is 864. The number of carbonyl (C=O) groups is 1. The first-order valence-corrected chi connectivity index (χ1v) is 10.6. The Morgan fingerprint density at radius 3 is 2.59 bits per heavy atom. The number of ether oxygens (including phenoxy) is 1. The van der Waals surface area contributed by atoms with Crippen LogP contribution in [0.4, 0.5) is 0 Å². The number of hydrogen-bond donors (Lipinski definition) is 2. The fourth-order valence-electron chi connectivity index (χ4n) is 3.31. The third-order valence-electron chi connectivity index (χ3n) is 5.09. The maximum atomic E-state index is 12.0. The van der Waals surface area contributed by atoms with Gasteiger partial charge in [-0.2, -0.15) is 5.10 Å². The van der Waals surface area contributed by atoms with Crippen molar-refractivity contribution in [3.8, 4) is 11.3 Å². The van der Waals surface area contributed by atoms with E-state index in [1.807, 2.05) is 48.3 Å². The third kappa shape index (κ3) is 8.06. The highest BCUT2D eigenvalue weighted by atomic mass is 127. The van der Waals surface area contributed by atoms with Crippen LogP contribution in [-0.4, -0.2) is 91.5 Å². The van der Waals surface area contributed by atoms with Gasteiger partial charge in [-0.25, -0.2) is 4.99 Å². The van der Waals surface area contributed by atoms with E-state index in [9.17, 15) is 4.79 Å². The van der Waals surface area contributed by atoms with Crippen LogP contribution in [0.15, 0.2) is 41.5 Å². The summed E-state index contributed by atoms with van der Waals surface area (Å²) >= 11 is 0. The number of hydrogen-bond acceptors (Lipinski definition) is 5. The first-order valence-electron chi connectivity index (χ1n) is 10.6. The lowest BCUT2D eigenvalue weighted by Gasteiger charge is -2.26. The summed E-state index contributed by atoms with van der Waals surface area (Å²) in [5.74, 6) is 0.611. The van der Waals surface area contributed by atoms with E-state index in [2.05, 4.69) is 20.6 Å². The maximum absolute atomic E-state index is 12.0. The summed E-state index contributed by atoms with van der Waals surface area (Å²) in [4.78, 5) is 20.7. The van der Waals surface area contributed by atoms with Crippen molar-refractivity contribution < 1.29 is 9.53 Å². The second kappa shape index (κ2) is 13.4. The molecule has 0 bridgehead atoms. The van der Waals surface area contributed by atoms with Crippen LogP contribution in [0.2, 0.25) is 0 Å². The second-order valence-corrected chi connectivity index (χ2v) is 7.73. The number of amides is 1. The summed E-state index contributed by atoms with van der Waals surface area (Å²) in [6, 6.07) is 10.1. The first-order chi connectivity index (χ1) is 15.0. The fraction of sp³-hybridized carbons (Fsp3) is 0.500. The summed E-state index contributed by atoms with van der Waals surface area (Å²) in [5, 5.41) is 11.1. The summed E-state index contributed by atoms with van der Waals surface area (Å²) in [5.41, 5.74) is 3.01. The highest BCUT2D eigenvalue weighted by Crippen LogP contribution is 2.22. The predicted octanol–water partition coefficient (Wildman–Crippen LogP) is 1.16. The molecule has 0 atom stereocenters. The van der Waals surface area contributed by atoms with Gasteiger partial charge in [-0.3, -0.25) is 14.4 Å². The summed E-state index contributed by atoms with van der Waals surface area (Å²) in [6.07, 6.45) is 1.99. The van der Waals surface area contributed by atoms with Gasteiger partial charge in [0.1, 0.15) is 0 Å². The second-order valence-electron chi connectivity index (χ2n) is 7.73. The van der Waals surface area contributed by atoms with Crippen molar-refractivity contribution in [2.24, 2.45) is 12.0 Å². The van der Waals surface area contributed by atoms with E-state index in [1.54, 1.807) is 19.0 Å². The molecule has 2 aromatic rings. The van der Waals surface area contributed by atoms with Crippen LogP contribution >= 0.6 is 24.0 Å². The Morgan fingerprint density at radius 2 is 1.91 bits per heavy atom. The van der Waals surface area contributed by atoms with Crippen LogP contribution < -0.4 is 10.6 Å². The van der Waals surface area contributed by atoms with Crippen molar-refractivity contribution in [2.45, 2.75) is 6.54 Å². The Balaban J connectivity index is 0.00000363. The number of likely N-dealkylation sites (N-methyl/N-ethyl adjacent to an activating group) is 1. The monoisotopic (exact) mass is 555 g/mol. The number of nitrogens with zero attached hydrogens (tertiary/aromatic N) is 5. The highest BCUT2D eigenvalue weighted by molar-refractivity contribution is 14.0. The SMILES string of the molecule is CN(C)C(=O)CNC(=NCc1cn(C)nc1-c1ccccc1)NCCN1CCOCC1.I. The molecule has 1 aliphatic heterocycles. The summed E-state index contributed by atoms with van der Waals surface area (Å²) in [6.45, 7) is 5.72. The Labute approximate surface area is 207 Å². The van der Waals surface area contributed by atoms with Gasteiger partial charge >= 0.3 is 0 Å². The molecular formula is C22H34IN7O2. The average Bonchev–Trinajstić information content (AvgIpc) is 3.16. The minimum Gasteiger partial charge on any atom is -0.379 e. The number of guanidine groups is 1. The molecule has 32 heavy (non-hydrogen) atoms. The molecular weight excluding hydrogens is 521 g/mol. The number of benzene rings is 1. The zero-order valence-corrected chi connectivity index (χ0v) is 21.4. The van der Waals surface area contributed by atoms with E-state index < -0.39 is 0 Å². The Kier molecular flexibility index (Phi) is 10.9. The number of aryl methyl sites for hydroxylation is 1. The van der Waals surface area contributed by atoms with Crippen molar-refractivity contribution in [3.63, 3.8) is 0 Å². The molecule has 1 aromatic carbocycles. The number of nitrogens with one attached hydrogen (secondary N) is 2. The van der Waals surface area contributed by atoms with Gasteiger partial charge in [0.05, 0.1) is 32.0 Å². The highest BCUT2D eigenvalue weighted by Gasteiger charge is 2.12. The van der Waals surface area contributed by atoms with Crippen molar-refractivity contribution >= 4 is 35.8 Å².